The molecule has 0 spiro atoms. The molecular formula is C36H34ClF3N4O5. The summed E-state index contributed by atoms with van der Waals surface area (Å²) < 4.78 is 44.4. The SMILES string of the molecule is CC1(C)C(=O)N(Cc2c(F)cccc2Cl)c2cc(C(=O)NCc3c(F)cc(C#CC(=O)NCCN4CCC(C(=O)O)CC4)cc3F)ccc21. The largest absolute Gasteiger partial charge is 0.481 e. The number of hydrogen-bond acceptors (Lipinski definition) is 5. The number of nitrogens with one attached hydrogen (secondary N) is 2. The van der Waals surface area contributed by atoms with Gasteiger partial charge >= 0.3 is 5.97 Å². The lowest BCUT2D eigenvalue weighted by molar-refractivity contribution is -0.143. The third-order valence-corrected chi connectivity index (χ3v) is 9.27. The number of nitrogens with zero attached hydrogens (tertiary/aromatic N) is 2. The van der Waals surface area contributed by atoms with E-state index in [1.165, 1.54) is 35.2 Å². The average molecular weight is 695 g/mol. The van der Waals surface area contributed by atoms with Crippen molar-refractivity contribution in [3.8, 4) is 11.8 Å². The zero-order valence-electron chi connectivity index (χ0n) is 26.8. The molecule has 5 rings (SSSR count). The van der Waals surface area contributed by atoms with Crippen LogP contribution in [0.5, 0.6) is 0 Å². The number of rotatable bonds is 9. The number of benzene rings is 3. The second kappa shape index (κ2) is 14.7. The molecule has 3 amide bonds. The fourth-order valence-corrected chi connectivity index (χ4v) is 6.23. The van der Waals surface area contributed by atoms with E-state index in [0.717, 1.165) is 12.1 Å². The maximum absolute atomic E-state index is 14.9. The summed E-state index contributed by atoms with van der Waals surface area (Å²) in [5.74, 6) is -0.515. The molecule has 0 radical (unpaired) electrons. The minimum absolute atomic E-state index is 0.0723. The van der Waals surface area contributed by atoms with Gasteiger partial charge in [0, 0.05) is 58.5 Å². The molecule has 49 heavy (non-hydrogen) atoms. The highest BCUT2D eigenvalue weighted by atomic mass is 35.5. The summed E-state index contributed by atoms with van der Waals surface area (Å²) in [7, 11) is 0. The molecule has 3 aromatic rings. The van der Waals surface area contributed by atoms with Gasteiger partial charge < -0.3 is 25.5 Å². The maximum Gasteiger partial charge on any atom is 0.306 e. The standard InChI is InChI=1S/C36H34ClF3N4O5/c1-36(2)26-8-7-23(18-31(26)44(35(36)49)20-25-27(37)4-3-5-28(25)38)33(46)42-19-24-29(39)16-21(17-30(24)40)6-9-32(45)41-12-15-43-13-10-22(11-14-43)34(47)48/h3-5,7-8,16-18,22H,10-15,19-20H2,1-2H3,(H,41,45)(H,42,46)(H,47,48). The van der Waals surface area contributed by atoms with Gasteiger partial charge in [0.2, 0.25) is 5.91 Å². The molecule has 0 unspecified atom stereocenters. The number of halogens is 4. The van der Waals surface area contributed by atoms with Crippen LogP contribution >= 0.6 is 11.6 Å². The molecule has 0 atom stereocenters. The van der Waals surface area contributed by atoms with Gasteiger partial charge in [-0.05, 0) is 81.7 Å². The van der Waals surface area contributed by atoms with E-state index < -0.39 is 52.8 Å². The van der Waals surface area contributed by atoms with Gasteiger partial charge in [-0.3, -0.25) is 19.2 Å². The van der Waals surface area contributed by atoms with Crippen LogP contribution in [0.25, 0.3) is 0 Å². The van der Waals surface area contributed by atoms with Crippen LogP contribution in [0.4, 0.5) is 18.9 Å². The Labute approximate surface area is 286 Å². The second-order valence-corrected chi connectivity index (χ2v) is 12.9. The van der Waals surface area contributed by atoms with Crippen molar-refractivity contribution >= 4 is 41.0 Å². The number of hydrogen-bond donors (Lipinski definition) is 3. The summed E-state index contributed by atoms with van der Waals surface area (Å²) in [5, 5.41) is 14.4. The summed E-state index contributed by atoms with van der Waals surface area (Å²) in [5.41, 5.74) is -0.175. The van der Waals surface area contributed by atoms with Gasteiger partial charge in [-0.2, -0.15) is 0 Å². The highest BCUT2D eigenvalue weighted by Gasteiger charge is 2.44. The van der Waals surface area contributed by atoms with E-state index in [0.29, 0.717) is 43.7 Å². The van der Waals surface area contributed by atoms with Crippen molar-refractivity contribution in [2.45, 2.75) is 45.2 Å². The quantitative estimate of drug-likeness (QED) is 0.278. The van der Waals surface area contributed by atoms with Crippen molar-refractivity contribution in [1.82, 2.24) is 15.5 Å². The smallest absolute Gasteiger partial charge is 0.306 e. The number of carboxylic acids is 1. The van der Waals surface area contributed by atoms with Gasteiger partial charge in [0.1, 0.15) is 17.5 Å². The summed E-state index contributed by atoms with van der Waals surface area (Å²) in [6, 6.07) is 10.8. The molecule has 3 N–H and O–H groups in total. The van der Waals surface area contributed by atoms with Crippen molar-refractivity contribution in [3.63, 3.8) is 0 Å². The molecule has 2 aliphatic heterocycles. The van der Waals surface area contributed by atoms with E-state index in [1.807, 2.05) is 4.90 Å². The van der Waals surface area contributed by atoms with Crippen LogP contribution in [0, 0.1) is 35.2 Å². The Morgan fingerprint density at radius 3 is 2.33 bits per heavy atom. The topological polar surface area (TPSA) is 119 Å². The fraction of sp³-hybridized carbons (Fsp3) is 0.333. The zero-order valence-corrected chi connectivity index (χ0v) is 27.6. The fourth-order valence-electron chi connectivity index (χ4n) is 6.00. The number of carbonyl (C=O) groups is 4. The van der Waals surface area contributed by atoms with Crippen molar-refractivity contribution in [3.05, 3.63) is 98.8 Å². The lowest BCUT2D eigenvalue weighted by atomic mass is 9.86. The van der Waals surface area contributed by atoms with Crippen LogP contribution in [-0.4, -0.2) is 59.9 Å². The predicted molar refractivity (Wildman–Crippen MR) is 176 cm³/mol. The van der Waals surface area contributed by atoms with Crippen LogP contribution in [0.1, 0.15) is 59.3 Å². The molecule has 0 saturated carbocycles. The monoisotopic (exact) mass is 694 g/mol. The van der Waals surface area contributed by atoms with E-state index in [9.17, 15) is 32.3 Å². The molecule has 1 saturated heterocycles. The predicted octanol–water partition coefficient (Wildman–Crippen LogP) is 4.78. The molecule has 9 nitrogen and oxygen atoms in total. The van der Waals surface area contributed by atoms with E-state index in [4.69, 9.17) is 16.7 Å². The molecular weight excluding hydrogens is 661 g/mol. The Balaban J connectivity index is 1.20. The molecule has 0 bridgehead atoms. The first-order chi connectivity index (χ1) is 23.3. The first-order valence-corrected chi connectivity index (χ1v) is 16.0. The molecule has 13 heteroatoms. The van der Waals surface area contributed by atoms with Crippen molar-refractivity contribution < 1.29 is 37.5 Å². The highest BCUT2D eigenvalue weighted by Crippen LogP contribution is 2.43. The molecule has 0 aliphatic carbocycles. The lowest BCUT2D eigenvalue weighted by Crippen LogP contribution is -2.40. The Morgan fingerprint density at radius 1 is 0.980 bits per heavy atom. The Kier molecular flexibility index (Phi) is 10.6. The van der Waals surface area contributed by atoms with Gasteiger partial charge in [-0.15, -0.1) is 0 Å². The number of anilines is 1. The first kappa shape index (κ1) is 35.4. The molecule has 2 heterocycles. The molecule has 3 aromatic carbocycles. The minimum atomic E-state index is -0.969. The van der Waals surface area contributed by atoms with Crippen LogP contribution in [0.15, 0.2) is 48.5 Å². The lowest BCUT2D eigenvalue weighted by Gasteiger charge is -2.29. The third-order valence-electron chi connectivity index (χ3n) is 8.92. The van der Waals surface area contributed by atoms with Crippen molar-refractivity contribution in [2.24, 2.45) is 5.92 Å². The number of piperidine rings is 1. The zero-order chi connectivity index (χ0) is 35.5. The minimum Gasteiger partial charge on any atom is -0.481 e. The van der Waals surface area contributed by atoms with Gasteiger partial charge in [0.25, 0.3) is 11.8 Å². The number of fused-ring (bicyclic) bond motifs is 1. The molecule has 2 aliphatic rings. The number of likely N-dealkylation sites (tertiary alicyclic amines) is 1. The number of carbonyl (C=O) groups excluding carboxylic acids is 3. The maximum atomic E-state index is 14.9. The van der Waals surface area contributed by atoms with E-state index >= 15 is 0 Å². The van der Waals surface area contributed by atoms with Crippen LogP contribution < -0.4 is 15.5 Å². The first-order valence-electron chi connectivity index (χ1n) is 15.7. The number of carboxylic acid groups (broad SMARTS) is 1. The van der Waals surface area contributed by atoms with E-state index in [-0.39, 0.29) is 46.6 Å². The van der Waals surface area contributed by atoms with Crippen LogP contribution in [-0.2, 0) is 32.9 Å². The highest BCUT2D eigenvalue weighted by molar-refractivity contribution is 6.31. The van der Waals surface area contributed by atoms with Gasteiger partial charge in [0.15, 0.2) is 0 Å². The Bertz CT molecular complexity index is 1840. The molecule has 0 aromatic heterocycles. The van der Waals surface area contributed by atoms with E-state index in [1.54, 1.807) is 19.9 Å². The van der Waals surface area contributed by atoms with Gasteiger partial charge in [-0.25, -0.2) is 13.2 Å². The van der Waals surface area contributed by atoms with Gasteiger partial charge in [0.05, 0.1) is 17.9 Å². The van der Waals surface area contributed by atoms with Gasteiger partial charge in [-0.1, -0.05) is 29.7 Å². The van der Waals surface area contributed by atoms with E-state index in [2.05, 4.69) is 22.5 Å². The summed E-state index contributed by atoms with van der Waals surface area (Å²) in [6.45, 7) is 4.82. The summed E-state index contributed by atoms with van der Waals surface area (Å²) in [4.78, 5) is 53.1. The summed E-state index contributed by atoms with van der Waals surface area (Å²) in [6.07, 6.45) is 1.09. The number of aliphatic carboxylic acids is 1. The molecule has 256 valence electrons. The summed E-state index contributed by atoms with van der Waals surface area (Å²) >= 11 is 6.21. The third kappa shape index (κ3) is 7.90. The number of amides is 3. The van der Waals surface area contributed by atoms with Crippen LogP contribution in [0.3, 0.4) is 0 Å². The second-order valence-electron chi connectivity index (χ2n) is 12.5. The van der Waals surface area contributed by atoms with Crippen LogP contribution in [0.2, 0.25) is 5.02 Å². The normalized spacial score (nSPS) is 15.7. The Morgan fingerprint density at radius 2 is 1.67 bits per heavy atom. The molecule has 1 fully saturated rings. The van der Waals surface area contributed by atoms with Crippen molar-refractivity contribution in [1.29, 1.82) is 0 Å². The van der Waals surface area contributed by atoms with Crippen molar-refractivity contribution in [2.75, 3.05) is 31.1 Å². The Hall–Kier alpha value is -4.86. The average Bonchev–Trinajstić information content (AvgIpc) is 3.24.